The molecule has 0 N–H and O–H groups in total. The SMILES string of the molecule is c1ccc(-c2nc(-c3nccc4ccccc34)c3ccccc3c2-c2ccccc2)cc1. The smallest absolute Gasteiger partial charge is 0.0978 e. The van der Waals surface area contributed by atoms with Gasteiger partial charge in [-0.1, -0.05) is 109 Å². The molecular weight excluding hydrogens is 388 g/mol. The molecule has 0 atom stereocenters. The van der Waals surface area contributed by atoms with Crippen molar-refractivity contribution in [1.82, 2.24) is 9.97 Å². The molecule has 150 valence electrons. The van der Waals surface area contributed by atoms with Crippen molar-refractivity contribution < 1.29 is 0 Å². The van der Waals surface area contributed by atoms with Crippen LogP contribution in [0.2, 0.25) is 0 Å². The maximum Gasteiger partial charge on any atom is 0.0978 e. The fourth-order valence-electron chi connectivity index (χ4n) is 4.45. The van der Waals surface area contributed by atoms with Crippen molar-refractivity contribution in [3.8, 4) is 33.8 Å². The van der Waals surface area contributed by atoms with E-state index in [9.17, 15) is 0 Å². The largest absolute Gasteiger partial charge is 0.254 e. The van der Waals surface area contributed by atoms with Gasteiger partial charge in [-0.3, -0.25) is 4.98 Å². The third-order valence-electron chi connectivity index (χ3n) is 5.92. The molecular formula is C30H20N2. The number of nitrogens with zero attached hydrogens (tertiary/aromatic N) is 2. The van der Waals surface area contributed by atoms with Crippen molar-refractivity contribution >= 4 is 21.5 Å². The lowest BCUT2D eigenvalue weighted by atomic mass is 9.92. The van der Waals surface area contributed by atoms with E-state index in [0.717, 1.165) is 49.9 Å². The number of hydrogen-bond donors (Lipinski definition) is 0. The maximum absolute atomic E-state index is 5.31. The van der Waals surface area contributed by atoms with Crippen LogP contribution in [0.3, 0.4) is 0 Å². The molecule has 32 heavy (non-hydrogen) atoms. The Kier molecular flexibility index (Phi) is 4.47. The normalized spacial score (nSPS) is 11.1. The molecule has 0 spiro atoms. The van der Waals surface area contributed by atoms with Crippen LogP contribution in [0.15, 0.2) is 121 Å². The van der Waals surface area contributed by atoms with Gasteiger partial charge in [-0.15, -0.1) is 0 Å². The van der Waals surface area contributed by atoms with Crippen molar-refractivity contribution in [3.63, 3.8) is 0 Å². The van der Waals surface area contributed by atoms with Crippen LogP contribution in [0.4, 0.5) is 0 Å². The molecule has 4 aromatic carbocycles. The lowest BCUT2D eigenvalue weighted by Crippen LogP contribution is -1.97. The molecule has 2 aromatic heterocycles. The summed E-state index contributed by atoms with van der Waals surface area (Å²) in [5, 5.41) is 4.56. The van der Waals surface area contributed by atoms with Crippen molar-refractivity contribution in [1.29, 1.82) is 0 Å². The molecule has 6 rings (SSSR count). The van der Waals surface area contributed by atoms with E-state index in [-0.39, 0.29) is 0 Å². The monoisotopic (exact) mass is 408 g/mol. The molecule has 2 heteroatoms. The lowest BCUT2D eigenvalue weighted by Gasteiger charge is -2.17. The average Bonchev–Trinajstić information content (AvgIpc) is 2.88. The van der Waals surface area contributed by atoms with Crippen LogP contribution in [-0.4, -0.2) is 9.97 Å². The lowest BCUT2D eigenvalue weighted by molar-refractivity contribution is 1.28. The molecule has 0 aliphatic heterocycles. The summed E-state index contributed by atoms with van der Waals surface area (Å²) in [5.74, 6) is 0. The summed E-state index contributed by atoms with van der Waals surface area (Å²) < 4.78 is 0. The average molecular weight is 409 g/mol. The summed E-state index contributed by atoms with van der Waals surface area (Å²) in [4.78, 5) is 10.1. The standard InChI is InChI=1S/C30H20N2/c1-3-12-22(13-4-1)27-25-17-9-10-18-26(25)30(32-28(27)23-14-5-2-6-15-23)29-24-16-8-7-11-21(24)19-20-31-29/h1-20H. The minimum Gasteiger partial charge on any atom is -0.254 e. The van der Waals surface area contributed by atoms with E-state index < -0.39 is 0 Å². The van der Waals surface area contributed by atoms with Gasteiger partial charge in [0.05, 0.1) is 17.1 Å². The first-order chi connectivity index (χ1) is 15.9. The van der Waals surface area contributed by atoms with Gasteiger partial charge >= 0.3 is 0 Å². The summed E-state index contributed by atoms with van der Waals surface area (Å²) in [7, 11) is 0. The predicted molar refractivity (Wildman–Crippen MR) is 133 cm³/mol. The van der Waals surface area contributed by atoms with E-state index in [1.165, 1.54) is 5.39 Å². The molecule has 0 saturated heterocycles. The van der Waals surface area contributed by atoms with Crippen LogP contribution < -0.4 is 0 Å². The fourth-order valence-corrected chi connectivity index (χ4v) is 4.45. The minimum absolute atomic E-state index is 0.913. The Morgan fingerprint density at radius 3 is 1.75 bits per heavy atom. The summed E-state index contributed by atoms with van der Waals surface area (Å²) in [5.41, 5.74) is 6.20. The topological polar surface area (TPSA) is 25.8 Å². The van der Waals surface area contributed by atoms with Gasteiger partial charge in [-0.25, -0.2) is 4.98 Å². The zero-order valence-electron chi connectivity index (χ0n) is 17.4. The molecule has 0 radical (unpaired) electrons. The Bertz CT molecular complexity index is 1550. The highest BCUT2D eigenvalue weighted by molar-refractivity contribution is 6.10. The molecule has 0 aliphatic carbocycles. The van der Waals surface area contributed by atoms with Gasteiger partial charge in [0.1, 0.15) is 0 Å². The molecule has 6 aromatic rings. The highest BCUT2D eigenvalue weighted by Crippen LogP contribution is 2.41. The summed E-state index contributed by atoms with van der Waals surface area (Å²) >= 11 is 0. The van der Waals surface area contributed by atoms with Crippen LogP contribution in [0.5, 0.6) is 0 Å². The molecule has 2 nitrogen and oxygen atoms in total. The molecule has 0 aliphatic rings. The third kappa shape index (κ3) is 3.05. The van der Waals surface area contributed by atoms with Gasteiger partial charge in [0.2, 0.25) is 0 Å². The molecule has 0 amide bonds. The Morgan fingerprint density at radius 2 is 1.00 bits per heavy atom. The number of rotatable bonds is 3. The van der Waals surface area contributed by atoms with E-state index in [2.05, 4.69) is 109 Å². The van der Waals surface area contributed by atoms with Gasteiger partial charge in [-0.2, -0.15) is 0 Å². The molecule has 0 fully saturated rings. The number of benzene rings is 4. The van der Waals surface area contributed by atoms with Crippen LogP contribution in [0.1, 0.15) is 0 Å². The summed E-state index contributed by atoms with van der Waals surface area (Å²) in [6, 6.07) is 39.9. The minimum atomic E-state index is 0.913. The maximum atomic E-state index is 5.31. The van der Waals surface area contributed by atoms with Gasteiger partial charge < -0.3 is 0 Å². The zero-order chi connectivity index (χ0) is 21.3. The van der Waals surface area contributed by atoms with Crippen molar-refractivity contribution in [2.75, 3.05) is 0 Å². The fraction of sp³-hybridized carbons (Fsp3) is 0. The summed E-state index contributed by atoms with van der Waals surface area (Å²) in [6.45, 7) is 0. The predicted octanol–water partition coefficient (Wildman–Crippen LogP) is 7.78. The Hall–Kier alpha value is -4.30. The molecule has 2 heterocycles. The van der Waals surface area contributed by atoms with E-state index in [1.807, 2.05) is 12.3 Å². The Balaban J connectivity index is 1.77. The number of pyridine rings is 2. The van der Waals surface area contributed by atoms with Crippen LogP contribution in [0, 0.1) is 0 Å². The van der Waals surface area contributed by atoms with Crippen molar-refractivity contribution in [2.45, 2.75) is 0 Å². The van der Waals surface area contributed by atoms with E-state index in [4.69, 9.17) is 9.97 Å². The highest BCUT2D eigenvalue weighted by atomic mass is 14.8. The van der Waals surface area contributed by atoms with E-state index in [0.29, 0.717) is 0 Å². The van der Waals surface area contributed by atoms with Crippen molar-refractivity contribution in [3.05, 3.63) is 121 Å². The van der Waals surface area contributed by atoms with Gasteiger partial charge in [-0.05, 0) is 22.4 Å². The zero-order valence-corrected chi connectivity index (χ0v) is 17.4. The van der Waals surface area contributed by atoms with Crippen LogP contribution >= 0.6 is 0 Å². The number of fused-ring (bicyclic) bond motifs is 2. The first kappa shape index (κ1) is 18.5. The summed E-state index contributed by atoms with van der Waals surface area (Å²) in [6.07, 6.45) is 1.88. The number of hydrogen-bond acceptors (Lipinski definition) is 2. The van der Waals surface area contributed by atoms with Gasteiger partial charge in [0.25, 0.3) is 0 Å². The van der Waals surface area contributed by atoms with Crippen LogP contribution in [-0.2, 0) is 0 Å². The first-order valence-electron chi connectivity index (χ1n) is 10.8. The van der Waals surface area contributed by atoms with E-state index >= 15 is 0 Å². The second kappa shape index (κ2) is 7.75. The molecule has 0 unspecified atom stereocenters. The molecule has 0 bridgehead atoms. The first-order valence-corrected chi connectivity index (χ1v) is 10.8. The van der Waals surface area contributed by atoms with Gasteiger partial charge in [0, 0.05) is 28.1 Å². The van der Waals surface area contributed by atoms with E-state index in [1.54, 1.807) is 0 Å². The Labute approximate surface area is 186 Å². The second-order valence-electron chi connectivity index (χ2n) is 7.84. The van der Waals surface area contributed by atoms with Crippen LogP contribution in [0.25, 0.3) is 55.3 Å². The number of aromatic nitrogens is 2. The second-order valence-corrected chi connectivity index (χ2v) is 7.84. The Morgan fingerprint density at radius 1 is 0.406 bits per heavy atom. The van der Waals surface area contributed by atoms with Gasteiger partial charge in [0.15, 0.2) is 0 Å². The molecule has 0 saturated carbocycles. The quantitative estimate of drug-likeness (QED) is 0.299. The van der Waals surface area contributed by atoms with Crippen molar-refractivity contribution in [2.24, 2.45) is 0 Å². The third-order valence-corrected chi connectivity index (χ3v) is 5.92. The highest BCUT2D eigenvalue weighted by Gasteiger charge is 2.19.